The molecule has 57 valence electrons. The molecule has 2 atom stereocenters. The van der Waals surface area contributed by atoms with Gasteiger partial charge in [-0.2, -0.15) is 0 Å². The molecule has 0 aromatic rings. The van der Waals surface area contributed by atoms with Gasteiger partial charge in [0, 0.05) is 6.54 Å². The maximum atomic E-state index is 2.48. The van der Waals surface area contributed by atoms with E-state index in [1.54, 1.807) is 0 Å². The van der Waals surface area contributed by atoms with Gasteiger partial charge in [-0.25, -0.2) is 0 Å². The molecule has 0 amide bonds. The van der Waals surface area contributed by atoms with E-state index in [0.29, 0.717) is 0 Å². The summed E-state index contributed by atoms with van der Waals surface area (Å²) in [5, 5.41) is 0. The molecule has 0 bridgehead atoms. The Morgan fingerprint density at radius 2 is 2.30 bits per heavy atom. The zero-order chi connectivity index (χ0) is 7.40. The van der Waals surface area contributed by atoms with Crippen LogP contribution in [0.1, 0.15) is 26.7 Å². The van der Waals surface area contributed by atoms with Gasteiger partial charge in [-0.05, 0) is 12.5 Å². The van der Waals surface area contributed by atoms with Gasteiger partial charge >= 0.3 is 0 Å². The number of hydrogen-bond acceptors (Lipinski definition) is 1. The molecule has 2 heteroatoms. The molecular formula is C8H17BN. The van der Waals surface area contributed by atoms with Gasteiger partial charge < -0.3 is 4.90 Å². The lowest BCUT2D eigenvalue weighted by Crippen LogP contribution is -2.07. The predicted molar refractivity (Wildman–Crippen MR) is 46.5 cm³/mol. The van der Waals surface area contributed by atoms with Crippen molar-refractivity contribution in [3.8, 4) is 0 Å². The second-order valence-electron chi connectivity index (χ2n) is 3.03. The lowest BCUT2D eigenvalue weighted by molar-refractivity contribution is 0.578. The van der Waals surface area contributed by atoms with Gasteiger partial charge in [0.25, 0.3) is 0 Å². The molecule has 2 unspecified atom stereocenters. The van der Waals surface area contributed by atoms with Crippen molar-refractivity contribution in [3.05, 3.63) is 0 Å². The summed E-state index contributed by atoms with van der Waals surface area (Å²) in [7, 11) is 2.47. The molecule has 1 fully saturated rings. The van der Waals surface area contributed by atoms with E-state index >= 15 is 0 Å². The SMILES string of the molecule is CCCC[B]C1CN1CC. The van der Waals surface area contributed by atoms with Crippen LogP contribution in [0.4, 0.5) is 0 Å². The minimum absolute atomic E-state index is 0.844. The highest BCUT2D eigenvalue weighted by molar-refractivity contribution is 6.38. The fourth-order valence-corrected chi connectivity index (χ4v) is 1.29. The van der Waals surface area contributed by atoms with Gasteiger partial charge in [0.2, 0.25) is 0 Å². The topological polar surface area (TPSA) is 3.01 Å². The molecule has 1 nitrogen and oxygen atoms in total. The summed E-state index contributed by atoms with van der Waals surface area (Å²) in [6.07, 6.45) is 4.01. The molecule has 1 aliphatic rings. The van der Waals surface area contributed by atoms with Crippen molar-refractivity contribution < 1.29 is 0 Å². The molecule has 10 heavy (non-hydrogen) atoms. The number of nitrogens with zero attached hydrogens (tertiary/aromatic N) is 1. The minimum Gasteiger partial charge on any atom is -0.307 e. The normalized spacial score (nSPS) is 30.2. The van der Waals surface area contributed by atoms with Crippen LogP contribution in [0.25, 0.3) is 0 Å². The van der Waals surface area contributed by atoms with E-state index in [1.165, 1.54) is 32.3 Å². The molecule has 0 N–H and O–H groups in total. The van der Waals surface area contributed by atoms with Crippen molar-refractivity contribution >= 4 is 7.28 Å². The number of hydrogen-bond donors (Lipinski definition) is 0. The first-order chi connectivity index (χ1) is 4.88. The van der Waals surface area contributed by atoms with Crippen LogP contribution >= 0.6 is 0 Å². The van der Waals surface area contributed by atoms with E-state index in [4.69, 9.17) is 0 Å². The third kappa shape index (κ3) is 2.33. The van der Waals surface area contributed by atoms with E-state index in [-0.39, 0.29) is 0 Å². The van der Waals surface area contributed by atoms with E-state index in [0.717, 1.165) is 5.94 Å². The molecule has 1 rings (SSSR count). The molecule has 1 heterocycles. The lowest BCUT2D eigenvalue weighted by atomic mass is 9.69. The highest BCUT2D eigenvalue weighted by Gasteiger charge is 2.30. The van der Waals surface area contributed by atoms with Crippen LogP contribution in [0.15, 0.2) is 0 Å². The molecule has 0 aromatic heterocycles. The van der Waals surface area contributed by atoms with Gasteiger partial charge in [-0.1, -0.05) is 33.0 Å². The van der Waals surface area contributed by atoms with Crippen LogP contribution in [0.3, 0.4) is 0 Å². The summed E-state index contributed by atoms with van der Waals surface area (Å²) in [6, 6.07) is 0. The van der Waals surface area contributed by atoms with E-state index in [9.17, 15) is 0 Å². The smallest absolute Gasteiger partial charge is 0.134 e. The molecular weight excluding hydrogens is 121 g/mol. The van der Waals surface area contributed by atoms with Crippen LogP contribution < -0.4 is 0 Å². The van der Waals surface area contributed by atoms with Gasteiger partial charge in [-0.3, -0.25) is 0 Å². The molecule has 1 radical (unpaired) electrons. The Balaban J connectivity index is 1.87. The first-order valence-electron chi connectivity index (χ1n) is 4.45. The van der Waals surface area contributed by atoms with Crippen molar-refractivity contribution in [1.82, 2.24) is 4.90 Å². The summed E-state index contributed by atoms with van der Waals surface area (Å²) >= 11 is 0. The average Bonchev–Trinajstić information content (AvgIpc) is 2.68. The van der Waals surface area contributed by atoms with Crippen molar-refractivity contribution in [2.75, 3.05) is 13.1 Å². The molecule has 0 aliphatic carbocycles. The predicted octanol–water partition coefficient (Wildman–Crippen LogP) is 1.57. The van der Waals surface area contributed by atoms with Gasteiger partial charge in [0.05, 0.1) is 0 Å². The number of likely N-dealkylation sites (N-methyl/N-ethyl adjacent to an activating group) is 1. The van der Waals surface area contributed by atoms with Crippen LogP contribution in [-0.4, -0.2) is 31.2 Å². The van der Waals surface area contributed by atoms with Crippen LogP contribution in [0, 0.1) is 0 Å². The first-order valence-corrected chi connectivity index (χ1v) is 4.45. The van der Waals surface area contributed by atoms with Crippen LogP contribution in [-0.2, 0) is 0 Å². The zero-order valence-corrected chi connectivity index (χ0v) is 7.14. The Morgan fingerprint density at radius 1 is 1.50 bits per heavy atom. The van der Waals surface area contributed by atoms with Gasteiger partial charge in [0.15, 0.2) is 0 Å². The second-order valence-corrected chi connectivity index (χ2v) is 3.03. The Kier molecular flexibility index (Phi) is 3.27. The quantitative estimate of drug-likeness (QED) is 0.316. The Labute approximate surface area is 65.0 Å². The second kappa shape index (κ2) is 4.02. The minimum atomic E-state index is 0.844. The molecule has 1 aliphatic heterocycles. The van der Waals surface area contributed by atoms with Crippen LogP contribution in [0.2, 0.25) is 6.32 Å². The summed E-state index contributed by atoms with van der Waals surface area (Å²) < 4.78 is 0. The highest BCUT2D eigenvalue weighted by atomic mass is 15.3. The Hall–Kier alpha value is 0.0249. The summed E-state index contributed by atoms with van der Waals surface area (Å²) in [5.41, 5.74) is 0. The fraction of sp³-hybridized carbons (Fsp3) is 1.00. The van der Waals surface area contributed by atoms with Gasteiger partial charge in [-0.15, -0.1) is 0 Å². The number of unbranched alkanes of at least 4 members (excludes halogenated alkanes) is 1. The Bertz CT molecular complexity index is 95.3. The fourth-order valence-electron chi connectivity index (χ4n) is 1.29. The lowest BCUT2D eigenvalue weighted by Gasteiger charge is -1.96. The maximum absolute atomic E-state index is 2.48. The number of rotatable bonds is 5. The van der Waals surface area contributed by atoms with Crippen molar-refractivity contribution in [2.45, 2.75) is 39.0 Å². The van der Waals surface area contributed by atoms with Crippen molar-refractivity contribution in [2.24, 2.45) is 0 Å². The van der Waals surface area contributed by atoms with Crippen LogP contribution in [0.5, 0.6) is 0 Å². The van der Waals surface area contributed by atoms with Gasteiger partial charge in [0.1, 0.15) is 7.28 Å². The first kappa shape index (κ1) is 8.12. The van der Waals surface area contributed by atoms with E-state index < -0.39 is 0 Å². The van der Waals surface area contributed by atoms with Crippen molar-refractivity contribution in [1.29, 1.82) is 0 Å². The largest absolute Gasteiger partial charge is 0.307 e. The zero-order valence-electron chi connectivity index (χ0n) is 7.14. The molecule has 0 aromatic carbocycles. The molecule has 1 saturated heterocycles. The maximum Gasteiger partial charge on any atom is 0.134 e. The standard InChI is InChI=1S/C8H17BN/c1-3-5-6-9-8-7-10(8)4-2/h8H,3-7H2,1-2H3. The molecule has 0 saturated carbocycles. The highest BCUT2D eigenvalue weighted by Crippen LogP contribution is 2.16. The van der Waals surface area contributed by atoms with E-state index in [2.05, 4.69) is 26.0 Å². The van der Waals surface area contributed by atoms with Crippen molar-refractivity contribution in [3.63, 3.8) is 0 Å². The third-order valence-electron chi connectivity index (χ3n) is 2.16. The average molecular weight is 138 g/mol. The summed E-state index contributed by atoms with van der Waals surface area (Å²) in [6.45, 7) is 7.03. The molecule has 0 spiro atoms. The summed E-state index contributed by atoms with van der Waals surface area (Å²) in [5.74, 6) is 0.844. The monoisotopic (exact) mass is 138 g/mol. The Morgan fingerprint density at radius 3 is 2.80 bits per heavy atom. The summed E-state index contributed by atoms with van der Waals surface area (Å²) in [4.78, 5) is 2.48. The van der Waals surface area contributed by atoms with E-state index in [1.807, 2.05) is 0 Å². The third-order valence-corrected chi connectivity index (χ3v) is 2.16.